The van der Waals surface area contributed by atoms with E-state index in [1.807, 2.05) is 4.90 Å². The lowest BCUT2D eigenvalue weighted by Gasteiger charge is -2.21. The number of esters is 1. The first-order chi connectivity index (χ1) is 14.3. The van der Waals surface area contributed by atoms with E-state index in [1.54, 1.807) is 48.5 Å². The van der Waals surface area contributed by atoms with Gasteiger partial charge in [-0.15, -0.1) is 0 Å². The van der Waals surface area contributed by atoms with Crippen LogP contribution in [0.15, 0.2) is 48.5 Å². The van der Waals surface area contributed by atoms with Gasteiger partial charge in [-0.25, -0.2) is 4.79 Å². The highest BCUT2D eigenvalue weighted by Crippen LogP contribution is 2.19. The van der Waals surface area contributed by atoms with E-state index in [2.05, 4.69) is 0 Å². The second kappa shape index (κ2) is 9.21. The summed E-state index contributed by atoms with van der Waals surface area (Å²) in [5, 5.41) is 15.8. The number of nitrogens with two attached hydrogens (primary N) is 1. The van der Waals surface area contributed by atoms with E-state index in [-0.39, 0.29) is 18.3 Å². The van der Waals surface area contributed by atoms with Crippen LogP contribution in [0.25, 0.3) is 0 Å². The van der Waals surface area contributed by atoms with Crippen molar-refractivity contribution in [2.24, 2.45) is 5.73 Å². The molecule has 0 unspecified atom stereocenters. The minimum atomic E-state index is -0.596. The van der Waals surface area contributed by atoms with Gasteiger partial charge in [0.05, 0.1) is 0 Å². The molecule has 0 saturated carbocycles. The minimum absolute atomic E-state index is 0.123. The van der Waals surface area contributed by atoms with Gasteiger partial charge < -0.3 is 20.3 Å². The van der Waals surface area contributed by atoms with E-state index in [1.165, 1.54) is 11.8 Å². The maximum absolute atomic E-state index is 12.4. The van der Waals surface area contributed by atoms with Crippen LogP contribution in [0.1, 0.15) is 30.9 Å². The van der Waals surface area contributed by atoms with Gasteiger partial charge in [0.15, 0.2) is 0 Å². The number of hydrogen-bond donors (Lipinski definition) is 3. The Hall–Kier alpha value is -3.68. The van der Waals surface area contributed by atoms with Crippen LogP contribution in [-0.2, 0) is 9.59 Å². The zero-order chi connectivity index (χ0) is 21.7. The van der Waals surface area contributed by atoms with Crippen LogP contribution in [0.3, 0.4) is 0 Å². The maximum Gasteiger partial charge on any atom is 0.331 e. The lowest BCUT2D eigenvalue weighted by Crippen LogP contribution is -2.36. The molecular weight excluding hydrogens is 382 g/mol. The summed E-state index contributed by atoms with van der Waals surface area (Å²) in [5.74, 6) is -0.234. The SMILES string of the molecule is CC(=O)N(CC(=O)Oc1ccc(C(=N)N2CCCC2)cc1)c1cccc(C(=N)N)c1. The van der Waals surface area contributed by atoms with Crippen LogP contribution in [0.4, 0.5) is 5.69 Å². The van der Waals surface area contributed by atoms with Crippen molar-refractivity contribution >= 4 is 29.2 Å². The highest BCUT2D eigenvalue weighted by Gasteiger charge is 2.19. The molecular formula is C22H25N5O3. The van der Waals surface area contributed by atoms with E-state index in [4.69, 9.17) is 21.3 Å². The highest BCUT2D eigenvalue weighted by atomic mass is 16.5. The third-order valence-corrected chi connectivity index (χ3v) is 4.92. The first kappa shape index (κ1) is 21.0. The molecule has 156 valence electrons. The number of hydrogen-bond acceptors (Lipinski definition) is 5. The van der Waals surface area contributed by atoms with Gasteiger partial charge in [0.25, 0.3) is 0 Å². The maximum atomic E-state index is 12.4. The fourth-order valence-corrected chi connectivity index (χ4v) is 3.32. The summed E-state index contributed by atoms with van der Waals surface area (Å²) in [7, 11) is 0. The van der Waals surface area contributed by atoms with Crippen molar-refractivity contribution in [3.63, 3.8) is 0 Å². The Morgan fingerprint density at radius 3 is 2.33 bits per heavy atom. The average molecular weight is 407 g/mol. The molecule has 0 bridgehead atoms. The molecule has 1 aliphatic heterocycles. The van der Waals surface area contributed by atoms with Crippen LogP contribution in [-0.4, -0.2) is 48.1 Å². The van der Waals surface area contributed by atoms with Crippen LogP contribution >= 0.6 is 0 Å². The largest absolute Gasteiger partial charge is 0.425 e. The van der Waals surface area contributed by atoms with Gasteiger partial charge in [0.2, 0.25) is 5.91 Å². The number of ether oxygens (including phenoxy) is 1. The van der Waals surface area contributed by atoms with E-state index in [9.17, 15) is 9.59 Å². The van der Waals surface area contributed by atoms with E-state index < -0.39 is 5.97 Å². The number of nitrogens with one attached hydrogen (secondary N) is 2. The topological polar surface area (TPSA) is 124 Å². The van der Waals surface area contributed by atoms with Crippen molar-refractivity contribution in [1.82, 2.24) is 4.90 Å². The van der Waals surface area contributed by atoms with Gasteiger partial charge in [0, 0.05) is 36.8 Å². The molecule has 1 fully saturated rings. The van der Waals surface area contributed by atoms with Crippen LogP contribution < -0.4 is 15.4 Å². The van der Waals surface area contributed by atoms with Crippen molar-refractivity contribution in [3.05, 3.63) is 59.7 Å². The van der Waals surface area contributed by atoms with Crippen molar-refractivity contribution in [2.75, 3.05) is 24.5 Å². The number of carbonyl (C=O) groups excluding carboxylic acids is 2. The van der Waals surface area contributed by atoms with Gasteiger partial charge in [-0.1, -0.05) is 12.1 Å². The summed E-state index contributed by atoms with van der Waals surface area (Å²) < 4.78 is 5.37. The van der Waals surface area contributed by atoms with Gasteiger partial charge in [-0.05, 0) is 49.2 Å². The second-order valence-electron chi connectivity index (χ2n) is 7.11. The number of amides is 1. The molecule has 0 radical (unpaired) electrons. The molecule has 0 aliphatic carbocycles. The molecule has 8 nitrogen and oxygen atoms in total. The number of amidine groups is 2. The number of likely N-dealkylation sites (tertiary alicyclic amines) is 1. The summed E-state index contributed by atoms with van der Waals surface area (Å²) in [5.41, 5.74) is 7.19. The predicted molar refractivity (Wildman–Crippen MR) is 115 cm³/mol. The molecule has 2 aromatic rings. The summed E-state index contributed by atoms with van der Waals surface area (Å²) in [6.45, 7) is 2.86. The Labute approximate surface area is 175 Å². The number of nitrogens with zero attached hydrogens (tertiary/aromatic N) is 2. The van der Waals surface area contributed by atoms with Crippen LogP contribution in [0.2, 0.25) is 0 Å². The summed E-state index contributed by atoms with van der Waals surface area (Å²) in [4.78, 5) is 27.8. The van der Waals surface area contributed by atoms with Crippen LogP contribution in [0.5, 0.6) is 5.75 Å². The fourth-order valence-electron chi connectivity index (χ4n) is 3.32. The molecule has 1 saturated heterocycles. The van der Waals surface area contributed by atoms with Gasteiger partial charge in [-0.3, -0.25) is 15.6 Å². The fraction of sp³-hybridized carbons (Fsp3) is 0.273. The van der Waals surface area contributed by atoms with Crippen LogP contribution in [0, 0.1) is 10.8 Å². The Kier molecular flexibility index (Phi) is 6.46. The Balaban J connectivity index is 1.65. The van der Waals surface area contributed by atoms with Gasteiger partial charge in [-0.2, -0.15) is 0 Å². The predicted octanol–water partition coefficient (Wildman–Crippen LogP) is 2.35. The van der Waals surface area contributed by atoms with E-state index in [0.29, 0.717) is 22.8 Å². The molecule has 8 heteroatoms. The molecule has 1 aliphatic rings. The van der Waals surface area contributed by atoms with E-state index >= 15 is 0 Å². The number of carbonyl (C=O) groups is 2. The molecule has 2 aromatic carbocycles. The molecule has 0 spiro atoms. The van der Waals surface area contributed by atoms with Gasteiger partial charge >= 0.3 is 5.97 Å². The number of rotatable bonds is 6. The third kappa shape index (κ3) is 5.02. The average Bonchev–Trinajstić information content (AvgIpc) is 3.27. The zero-order valence-corrected chi connectivity index (χ0v) is 16.9. The molecule has 3 rings (SSSR count). The summed E-state index contributed by atoms with van der Waals surface area (Å²) >= 11 is 0. The zero-order valence-electron chi connectivity index (χ0n) is 16.9. The van der Waals surface area contributed by atoms with Crippen molar-refractivity contribution in [3.8, 4) is 5.75 Å². The van der Waals surface area contributed by atoms with Gasteiger partial charge in [0.1, 0.15) is 24.0 Å². The molecule has 0 atom stereocenters. The minimum Gasteiger partial charge on any atom is -0.425 e. The Bertz CT molecular complexity index is 965. The lowest BCUT2D eigenvalue weighted by atomic mass is 10.1. The van der Waals surface area contributed by atoms with Crippen molar-refractivity contribution in [1.29, 1.82) is 10.8 Å². The smallest absolute Gasteiger partial charge is 0.331 e. The van der Waals surface area contributed by atoms with E-state index in [0.717, 1.165) is 31.5 Å². The summed E-state index contributed by atoms with van der Waals surface area (Å²) in [6.07, 6.45) is 2.19. The van der Waals surface area contributed by atoms with Crippen molar-refractivity contribution < 1.29 is 14.3 Å². The highest BCUT2D eigenvalue weighted by molar-refractivity contribution is 6.00. The molecule has 1 heterocycles. The number of anilines is 1. The quantitative estimate of drug-likeness (QED) is 0.293. The molecule has 4 N–H and O–H groups in total. The summed E-state index contributed by atoms with van der Waals surface area (Å²) in [6, 6.07) is 13.4. The third-order valence-electron chi connectivity index (χ3n) is 4.92. The molecule has 1 amide bonds. The number of nitrogen functional groups attached to an aromatic ring is 1. The van der Waals surface area contributed by atoms with Crippen molar-refractivity contribution in [2.45, 2.75) is 19.8 Å². The first-order valence-electron chi connectivity index (χ1n) is 9.72. The molecule has 0 aromatic heterocycles. The number of benzene rings is 2. The Morgan fingerprint density at radius 1 is 1.07 bits per heavy atom. The normalized spacial score (nSPS) is 13.0. The standard InChI is InChI=1S/C22H25N5O3/c1-15(28)27(18-6-4-5-17(13-18)21(23)24)14-20(29)30-19-9-7-16(8-10-19)22(25)26-11-2-3-12-26/h4-10,13,25H,2-3,11-12,14H2,1H3,(H3,23,24). The Morgan fingerprint density at radius 2 is 1.73 bits per heavy atom. The molecule has 30 heavy (non-hydrogen) atoms. The monoisotopic (exact) mass is 407 g/mol. The first-order valence-corrected chi connectivity index (χ1v) is 9.72. The lowest BCUT2D eigenvalue weighted by molar-refractivity contribution is -0.134. The second-order valence-corrected chi connectivity index (χ2v) is 7.11.